The van der Waals surface area contributed by atoms with Crippen LogP contribution < -0.4 is 19.6 Å². The van der Waals surface area contributed by atoms with Crippen molar-refractivity contribution < 1.29 is 23.6 Å². The van der Waals surface area contributed by atoms with Gasteiger partial charge in [0.05, 0.1) is 34.4 Å². The van der Waals surface area contributed by atoms with Crippen molar-refractivity contribution in [2.75, 3.05) is 13.7 Å². The average molecular weight is 560 g/mol. The molecule has 40 heavy (non-hydrogen) atoms. The van der Waals surface area contributed by atoms with Crippen LogP contribution >= 0.6 is 11.3 Å². The summed E-state index contributed by atoms with van der Waals surface area (Å²) in [5.74, 6) is 0.770. The highest BCUT2D eigenvalue weighted by Gasteiger charge is 2.35. The molecule has 4 aromatic rings. The van der Waals surface area contributed by atoms with Crippen molar-refractivity contribution in [1.29, 1.82) is 0 Å². The number of hydrogen-bond acceptors (Lipinski definition) is 9. The van der Waals surface area contributed by atoms with Crippen LogP contribution in [0.3, 0.4) is 0 Å². The summed E-state index contributed by atoms with van der Waals surface area (Å²) >= 11 is 1.16. The number of esters is 1. The van der Waals surface area contributed by atoms with Crippen LogP contribution in [0.5, 0.6) is 5.75 Å². The summed E-state index contributed by atoms with van der Waals surface area (Å²) in [6, 6.07) is 14.6. The number of nitro groups is 1. The minimum Gasteiger partial charge on any atom is -0.496 e. The summed E-state index contributed by atoms with van der Waals surface area (Å²) in [6.07, 6.45) is 1.60. The minimum atomic E-state index is -0.811. The topological polar surface area (TPSA) is 126 Å². The van der Waals surface area contributed by atoms with Crippen LogP contribution in [-0.2, 0) is 9.53 Å². The first-order valence-electron chi connectivity index (χ1n) is 12.4. The molecule has 0 saturated heterocycles. The molecule has 0 aliphatic carbocycles. The SMILES string of the molecule is CCOC(=O)C1=C(C)N=c2s/c(=C\c3ccc(-c4ccc(C)c([N+](=O)[O-])c4)o3)c(=O)n2C1c1ccccc1OC. The monoisotopic (exact) mass is 559 g/mol. The van der Waals surface area contributed by atoms with E-state index in [9.17, 15) is 19.7 Å². The van der Waals surface area contributed by atoms with Gasteiger partial charge in [0.25, 0.3) is 11.2 Å². The Labute approximate surface area is 232 Å². The standard InChI is InChI=1S/C29H25N3O7S/c1-5-38-28(34)25-17(3)30-29-31(26(25)20-8-6-7-9-23(20)37-4)27(33)24(40-29)15-19-12-13-22(39-19)18-11-10-16(2)21(14-18)32(35)36/h6-15,26H,5H2,1-4H3/b24-15-. The highest BCUT2D eigenvalue weighted by molar-refractivity contribution is 7.07. The second-order valence-electron chi connectivity index (χ2n) is 9.00. The largest absolute Gasteiger partial charge is 0.496 e. The molecule has 204 valence electrons. The lowest BCUT2D eigenvalue weighted by Crippen LogP contribution is -2.40. The smallest absolute Gasteiger partial charge is 0.338 e. The van der Waals surface area contributed by atoms with Crippen LogP contribution in [0.2, 0.25) is 0 Å². The summed E-state index contributed by atoms with van der Waals surface area (Å²) in [6.45, 7) is 5.27. The van der Waals surface area contributed by atoms with Crippen LogP contribution in [0.4, 0.5) is 5.69 Å². The normalized spacial score (nSPS) is 15.0. The van der Waals surface area contributed by atoms with Crippen LogP contribution in [-0.4, -0.2) is 29.2 Å². The number of rotatable bonds is 7. The highest BCUT2D eigenvalue weighted by atomic mass is 32.1. The summed E-state index contributed by atoms with van der Waals surface area (Å²) < 4.78 is 18.7. The molecule has 3 heterocycles. The second-order valence-corrected chi connectivity index (χ2v) is 10.0. The summed E-state index contributed by atoms with van der Waals surface area (Å²) in [7, 11) is 1.53. The molecule has 0 bridgehead atoms. The Morgan fingerprint density at radius 1 is 1.20 bits per heavy atom. The molecule has 0 N–H and O–H groups in total. The number of carbonyl (C=O) groups excluding carboxylic acids is 1. The predicted molar refractivity (Wildman–Crippen MR) is 149 cm³/mol. The molecule has 1 aliphatic heterocycles. The highest BCUT2D eigenvalue weighted by Crippen LogP contribution is 2.35. The maximum atomic E-state index is 13.8. The van der Waals surface area contributed by atoms with Crippen LogP contribution in [0.25, 0.3) is 17.4 Å². The Morgan fingerprint density at radius 3 is 2.70 bits per heavy atom. The van der Waals surface area contributed by atoms with Gasteiger partial charge < -0.3 is 13.9 Å². The van der Waals surface area contributed by atoms with Crippen LogP contribution in [0.15, 0.2) is 80.1 Å². The van der Waals surface area contributed by atoms with Crippen molar-refractivity contribution in [3.8, 4) is 17.1 Å². The number of ether oxygens (including phenoxy) is 2. The Hall–Kier alpha value is -4.77. The zero-order chi connectivity index (χ0) is 28.6. The van der Waals surface area contributed by atoms with Gasteiger partial charge in [-0.2, -0.15) is 0 Å². The first-order chi connectivity index (χ1) is 19.2. The Bertz CT molecular complexity index is 1860. The van der Waals surface area contributed by atoms with Crippen molar-refractivity contribution >= 4 is 29.1 Å². The number of para-hydroxylation sites is 1. The third-order valence-corrected chi connectivity index (χ3v) is 7.52. The number of hydrogen-bond donors (Lipinski definition) is 0. The van der Waals surface area contributed by atoms with E-state index < -0.39 is 16.9 Å². The molecule has 0 fully saturated rings. The molecule has 5 rings (SSSR count). The lowest BCUT2D eigenvalue weighted by Gasteiger charge is -2.25. The van der Waals surface area contributed by atoms with Gasteiger partial charge in [0.15, 0.2) is 4.80 Å². The lowest BCUT2D eigenvalue weighted by atomic mass is 9.95. The number of aryl methyl sites for hydroxylation is 1. The average Bonchev–Trinajstić information content (AvgIpc) is 3.52. The number of methoxy groups -OCH3 is 1. The van der Waals surface area contributed by atoms with E-state index >= 15 is 0 Å². The van der Waals surface area contributed by atoms with Crippen molar-refractivity contribution in [2.24, 2.45) is 4.99 Å². The first-order valence-corrected chi connectivity index (χ1v) is 13.2. The van der Waals surface area contributed by atoms with Gasteiger partial charge in [-0.3, -0.25) is 19.5 Å². The van der Waals surface area contributed by atoms with E-state index in [1.807, 2.05) is 12.1 Å². The number of aromatic nitrogens is 1. The molecule has 0 saturated carbocycles. The van der Waals surface area contributed by atoms with Gasteiger partial charge in [0, 0.05) is 28.8 Å². The first kappa shape index (κ1) is 26.8. The fourth-order valence-corrected chi connectivity index (χ4v) is 5.68. The minimum absolute atomic E-state index is 0.00660. The molecule has 0 radical (unpaired) electrons. The Morgan fingerprint density at radius 2 is 1.98 bits per heavy atom. The van der Waals surface area contributed by atoms with E-state index in [0.717, 1.165) is 11.3 Å². The van der Waals surface area contributed by atoms with Gasteiger partial charge in [-0.1, -0.05) is 41.7 Å². The maximum absolute atomic E-state index is 13.8. The fraction of sp³-hybridized carbons (Fsp3) is 0.207. The maximum Gasteiger partial charge on any atom is 0.338 e. The molecule has 0 spiro atoms. The van der Waals surface area contributed by atoms with Gasteiger partial charge in [-0.05, 0) is 39.0 Å². The van der Waals surface area contributed by atoms with Crippen molar-refractivity contribution in [3.63, 3.8) is 0 Å². The van der Waals surface area contributed by atoms with Gasteiger partial charge >= 0.3 is 5.97 Å². The molecule has 1 unspecified atom stereocenters. The number of fused-ring (bicyclic) bond motifs is 1. The van der Waals surface area contributed by atoms with Gasteiger partial charge in [-0.25, -0.2) is 9.79 Å². The third kappa shape index (κ3) is 4.75. The Kier molecular flexibility index (Phi) is 7.22. The van der Waals surface area contributed by atoms with Gasteiger partial charge in [0.1, 0.15) is 23.3 Å². The van der Waals surface area contributed by atoms with E-state index in [1.54, 1.807) is 63.2 Å². The molecule has 1 atom stereocenters. The quantitative estimate of drug-likeness (QED) is 0.188. The number of nitrogens with zero attached hydrogens (tertiary/aromatic N) is 3. The molecule has 2 aromatic heterocycles. The molecular weight excluding hydrogens is 534 g/mol. The van der Waals surface area contributed by atoms with Gasteiger partial charge in [0.2, 0.25) is 0 Å². The second kappa shape index (κ2) is 10.8. The van der Waals surface area contributed by atoms with Crippen molar-refractivity contribution in [3.05, 3.63) is 113 Å². The van der Waals surface area contributed by atoms with E-state index in [1.165, 1.54) is 17.7 Å². The third-order valence-electron chi connectivity index (χ3n) is 6.54. The fourth-order valence-electron chi connectivity index (χ4n) is 4.65. The van der Waals surface area contributed by atoms with Crippen molar-refractivity contribution in [1.82, 2.24) is 4.57 Å². The number of allylic oxidation sites excluding steroid dienone is 1. The molecule has 0 amide bonds. The molecule has 10 nitrogen and oxygen atoms in total. The van der Waals surface area contributed by atoms with E-state index in [-0.39, 0.29) is 23.4 Å². The molecule has 1 aliphatic rings. The predicted octanol–water partition coefficient (Wildman–Crippen LogP) is 4.28. The zero-order valence-corrected chi connectivity index (χ0v) is 23.0. The van der Waals surface area contributed by atoms with E-state index in [0.29, 0.717) is 49.0 Å². The molecule has 11 heteroatoms. The lowest BCUT2D eigenvalue weighted by molar-refractivity contribution is -0.385. The summed E-state index contributed by atoms with van der Waals surface area (Å²) in [4.78, 5) is 42.8. The number of benzene rings is 2. The van der Waals surface area contributed by atoms with E-state index in [2.05, 4.69) is 4.99 Å². The summed E-state index contributed by atoms with van der Waals surface area (Å²) in [5.41, 5.74) is 2.05. The van der Waals surface area contributed by atoms with Crippen LogP contribution in [0.1, 0.15) is 36.8 Å². The zero-order valence-electron chi connectivity index (χ0n) is 22.2. The van der Waals surface area contributed by atoms with Gasteiger partial charge in [-0.15, -0.1) is 0 Å². The molecule has 2 aromatic carbocycles. The number of carbonyl (C=O) groups is 1. The Balaban J connectivity index is 1.64. The number of furan rings is 1. The molecular formula is C29H25N3O7S. The van der Waals surface area contributed by atoms with E-state index in [4.69, 9.17) is 13.9 Å². The van der Waals surface area contributed by atoms with Crippen LogP contribution in [0, 0.1) is 17.0 Å². The number of nitro benzene ring substituents is 1. The number of thiazole rings is 1. The summed E-state index contributed by atoms with van der Waals surface area (Å²) in [5, 5.41) is 11.4. The van der Waals surface area contributed by atoms with Crippen molar-refractivity contribution in [2.45, 2.75) is 26.8 Å².